The quantitative estimate of drug-likeness (QED) is 0.229. The van der Waals surface area contributed by atoms with Crippen molar-refractivity contribution in [2.24, 2.45) is 4.99 Å². The standard InChI is InChI=1S/C16H8ClIN2O4/c17-13-5-4-11(20(22)23)8-12(13)15-19-14(16(21)24-15)7-9-2-1-3-10(18)6-9/h1-8H. The number of halogens is 2. The number of carbonyl (C=O) groups is 1. The monoisotopic (exact) mass is 454 g/mol. The average molecular weight is 455 g/mol. The number of rotatable bonds is 3. The highest BCUT2D eigenvalue weighted by atomic mass is 127. The molecule has 0 radical (unpaired) electrons. The summed E-state index contributed by atoms with van der Waals surface area (Å²) in [4.78, 5) is 26.4. The number of carbonyl (C=O) groups excluding carboxylic acids is 1. The van der Waals surface area contributed by atoms with E-state index in [1.54, 1.807) is 6.08 Å². The molecular formula is C16H8ClIN2O4. The molecule has 8 heteroatoms. The molecular weight excluding hydrogens is 447 g/mol. The number of ether oxygens (including phenoxy) is 1. The van der Waals surface area contributed by atoms with E-state index in [0.29, 0.717) is 0 Å². The number of nitro groups is 1. The molecule has 0 fully saturated rings. The van der Waals surface area contributed by atoms with Gasteiger partial charge in [-0.3, -0.25) is 10.1 Å². The largest absolute Gasteiger partial charge is 0.402 e. The predicted octanol–water partition coefficient (Wildman–Crippen LogP) is 4.20. The molecule has 0 aromatic heterocycles. The van der Waals surface area contributed by atoms with E-state index in [2.05, 4.69) is 27.6 Å². The third-order valence-corrected chi connectivity index (χ3v) is 4.16. The lowest BCUT2D eigenvalue weighted by atomic mass is 10.2. The number of cyclic esters (lactones) is 1. The maximum absolute atomic E-state index is 12.0. The van der Waals surface area contributed by atoms with Crippen LogP contribution in [-0.4, -0.2) is 16.8 Å². The molecule has 0 spiro atoms. The van der Waals surface area contributed by atoms with Crippen molar-refractivity contribution in [3.63, 3.8) is 0 Å². The Bertz CT molecular complexity index is 924. The highest BCUT2D eigenvalue weighted by Gasteiger charge is 2.27. The van der Waals surface area contributed by atoms with E-state index in [9.17, 15) is 14.9 Å². The third-order valence-electron chi connectivity index (χ3n) is 3.16. The van der Waals surface area contributed by atoms with Gasteiger partial charge in [-0.05, 0) is 52.4 Å². The summed E-state index contributed by atoms with van der Waals surface area (Å²) in [6.45, 7) is 0. The molecule has 0 aliphatic carbocycles. The fourth-order valence-corrected chi connectivity index (χ4v) is 2.83. The summed E-state index contributed by atoms with van der Waals surface area (Å²) in [5, 5.41) is 11.1. The summed E-state index contributed by atoms with van der Waals surface area (Å²) in [6.07, 6.45) is 1.59. The van der Waals surface area contributed by atoms with Crippen molar-refractivity contribution in [3.8, 4) is 0 Å². The fraction of sp³-hybridized carbons (Fsp3) is 0. The number of hydrogen-bond donors (Lipinski definition) is 0. The summed E-state index contributed by atoms with van der Waals surface area (Å²) in [7, 11) is 0. The number of nitro benzene ring substituents is 1. The fourth-order valence-electron chi connectivity index (χ4n) is 2.07. The molecule has 0 saturated carbocycles. The van der Waals surface area contributed by atoms with Gasteiger partial charge in [0.25, 0.3) is 5.69 Å². The number of benzene rings is 2. The first-order chi connectivity index (χ1) is 11.4. The second kappa shape index (κ2) is 6.70. The number of nitrogens with zero attached hydrogens (tertiary/aromatic N) is 2. The van der Waals surface area contributed by atoms with Gasteiger partial charge in [-0.2, -0.15) is 0 Å². The number of non-ortho nitro benzene ring substituents is 1. The molecule has 1 aliphatic heterocycles. The van der Waals surface area contributed by atoms with Gasteiger partial charge in [-0.1, -0.05) is 23.7 Å². The first kappa shape index (κ1) is 16.6. The molecule has 3 rings (SSSR count). The normalized spacial score (nSPS) is 15.3. The average Bonchev–Trinajstić information content (AvgIpc) is 2.88. The Morgan fingerprint density at radius 2 is 2.04 bits per heavy atom. The van der Waals surface area contributed by atoms with Crippen LogP contribution in [0.15, 0.2) is 53.2 Å². The van der Waals surface area contributed by atoms with E-state index in [1.165, 1.54) is 18.2 Å². The predicted molar refractivity (Wildman–Crippen MR) is 97.9 cm³/mol. The van der Waals surface area contributed by atoms with Gasteiger partial charge < -0.3 is 4.74 Å². The van der Waals surface area contributed by atoms with E-state index in [1.807, 2.05) is 24.3 Å². The minimum absolute atomic E-state index is 0.0504. The number of aliphatic imine (C=N–C) groups is 1. The zero-order valence-corrected chi connectivity index (χ0v) is 14.8. The Hall–Kier alpha value is -2.26. The molecule has 6 nitrogen and oxygen atoms in total. The first-order valence-corrected chi connectivity index (χ1v) is 8.12. The van der Waals surface area contributed by atoms with E-state index in [4.69, 9.17) is 16.3 Å². The number of esters is 1. The van der Waals surface area contributed by atoms with Crippen molar-refractivity contribution in [1.82, 2.24) is 0 Å². The van der Waals surface area contributed by atoms with E-state index in [-0.39, 0.29) is 27.9 Å². The summed E-state index contributed by atoms with van der Waals surface area (Å²) < 4.78 is 6.13. The van der Waals surface area contributed by atoms with Gasteiger partial charge in [0.1, 0.15) is 0 Å². The molecule has 0 N–H and O–H groups in total. The van der Waals surface area contributed by atoms with Gasteiger partial charge in [0.15, 0.2) is 5.70 Å². The van der Waals surface area contributed by atoms with Gasteiger partial charge in [0.2, 0.25) is 5.90 Å². The van der Waals surface area contributed by atoms with Crippen LogP contribution >= 0.6 is 34.2 Å². The minimum Gasteiger partial charge on any atom is -0.402 e. The van der Waals surface area contributed by atoms with Crippen molar-refractivity contribution < 1.29 is 14.5 Å². The van der Waals surface area contributed by atoms with Gasteiger partial charge in [-0.15, -0.1) is 0 Å². The van der Waals surface area contributed by atoms with Crippen molar-refractivity contribution >= 4 is 57.8 Å². The maximum atomic E-state index is 12.0. The molecule has 2 aromatic rings. The van der Waals surface area contributed by atoms with Crippen molar-refractivity contribution in [3.05, 3.63) is 78.0 Å². The van der Waals surface area contributed by atoms with Crippen LogP contribution in [0.4, 0.5) is 5.69 Å². The lowest BCUT2D eigenvalue weighted by molar-refractivity contribution is -0.384. The van der Waals surface area contributed by atoms with Gasteiger partial charge in [-0.25, -0.2) is 9.79 Å². The molecule has 1 aliphatic rings. The Balaban J connectivity index is 2.01. The zero-order chi connectivity index (χ0) is 17.3. The summed E-state index contributed by atoms with van der Waals surface area (Å²) in [5.41, 5.74) is 0.937. The van der Waals surface area contributed by atoms with Crippen molar-refractivity contribution in [2.75, 3.05) is 0 Å². The Labute approximate surface area is 155 Å². The summed E-state index contributed by atoms with van der Waals surface area (Å²) >= 11 is 8.20. The van der Waals surface area contributed by atoms with Crippen LogP contribution in [0.2, 0.25) is 5.02 Å². The molecule has 0 amide bonds. The van der Waals surface area contributed by atoms with E-state index in [0.717, 1.165) is 9.13 Å². The molecule has 0 unspecified atom stereocenters. The minimum atomic E-state index is -0.633. The molecule has 0 bridgehead atoms. The van der Waals surface area contributed by atoms with Crippen LogP contribution in [-0.2, 0) is 9.53 Å². The topological polar surface area (TPSA) is 81.8 Å². The SMILES string of the molecule is O=C1OC(c2cc([N+](=O)[O-])ccc2Cl)=NC1=Cc1cccc(I)c1. The molecule has 0 atom stereocenters. The van der Waals surface area contributed by atoms with Crippen molar-refractivity contribution in [1.29, 1.82) is 0 Å². The van der Waals surface area contributed by atoms with Gasteiger partial charge >= 0.3 is 5.97 Å². The lowest BCUT2D eigenvalue weighted by Crippen LogP contribution is -2.06. The Morgan fingerprint density at radius 3 is 2.75 bits per heavy atom. The highest BCUT2D eigenvalue weighted by molar-refractivity contribution is 14.1. The first-order valence-electron chi connectivity index (χ1n) is 6.66. The Morgan fingerprint density at radius 1 is 1.25 bits per heavy atom. The summed E-state index contributed by atoms with van der Waals surface area (Å²) in [6, 6.07) is 11.4. The summed E-state index contributed by atoms with van der Waals surface area (Å²) in [5.74, 6) is -0.683. The third kappa shape index (κ3) is 3.46. The number of hydrogen-bond acceptors (Lipinski definition) is 5. The molecule has 24 heavy (non-hydrogen) atoms. The lowest BCUT2D eigenvalue weighted by Gasteiger charge is -2.02. The van der Waals surface area contributed by atoms with Crippen LogP contribution in [0.5, 0.6) is 0 Å². The van der Waals surface area contributed by atoms with Crippen LogP contribution < -0.4 is 0 Å². The van der Waals surface area contributed by atoms with Gasteiger partial charge in [0, 0.05) is 15.7 Å². The van der Waals surface area contributed by atoms with Crippen molar-refractivity contribution in [2.45, 2.75) is 0 Å². The molecule has 0 saturated heterocycles. The smallest absolute Gasteiger partial charge is 0.363 e. The molecule has 1 heterocycles. The molecule has 120 valence electrons. The highest BCUT2D eigenvalue weighted by Crippen LogP contribution is 2.27. The second-order valence-corrected chi connectivity index (χ2v) is 6.47. The Kier molecular flexibility index (Phi) is 4.63. The van der Waals surface area contributed by atoms with Crippen LogP contribution in [0.3, 0.4) is 0 Å². The zero-order valence-electron chi connectivity index (χ0n) is 11.9. The molecule has 2 aromatic carbocycles. The van der Waals surface area contributed by atoms with Gasteiger partial charge in [0.05, 0.1) is 15.5 Å². The van der Waals surface area contributed by atoms with E-state index < -0.39 is 10.9 Å². The maximum Gasteiger partial charge on any atom is 0.363 e. The van der Waals surface area contributed by atoms with Crippen LogP contribution in [0.25, 0.3) is 6.08 Å². The van der Waals surface area contributed by atoms with Crippen LogP contribution in [0, 0.1) is 13.7 Å². The second-order valence-electron chi connectivity index (χ2n) is 4.81. The van der Waals surface area contributed by atoms with Crippen LogP contribution in [0.1, 0.15) is 11.1 Å². The van der Waals surface area contributed by atoms with E-state index >= 15 is 0 Å².